The molecule has 1 aliphatic rings. The molecule has 1 aliphatic heterocycles. The summed E-state index contributed by atoms with van der Waals surface area (Å²) in [6.07, 6.45) is 1.85. The van der Waals surface area contributed by atoms with E-state index in [1.54, 1.807) is 11.3 Å². The van der Waals surface area contributed by atoms with E-state index in [1.165, 1.54) is 4.88 Å². The van der Waals surface area contributed by atoms with E-state index in [0.717, 1.165) is 43.5 Å². The quantitative estimate of drug-likeness (QED) is 0.669. The summed E-state index contributed by atoms with van der Waals surface area (Å²) in [5, 5.41) is 5.54. The minimum Gasteiger partial charge on any atom is -0.378 e. The van der Waals surface area contributed by atoms with Gasteiger partial charge in [0.1, 0.15) is 11.7 Å². The van der Waals surface area contributed by atoms with Gasteiger partial charge in [-0.25, -0.2) is 4.98 Å². The van der Waals surface area contributed by atoms with Crippen LogP contribution >= 0.6 is 11.3 Å². The highest BCUT2D eigenvalue weighted by Gasteiger charge is 2.16. The summed E-state index contributed by atoms with van der Waals surface area (Å²) in [5.74, 6) is 1.98. The van der Waals surface area contributed by atoms with E-state index in [-0.39, 0.29) is 0 Å². The van der Waals surface area contributed by atoms with Crippen LogP contribution in [-0.2, 0) is 11.3 Å². The molecule has 2 aromatic rings. The van der Waals surface area contributed by atoms with Gasteiger partial charge in [0.25, 0.3) is 0 Å². The molecule has 1 fully saturated rings. The van der Waals surface area contributed by atoms with Gasteiger partial charge in [-0.05, 0) is 31.4 Å². The molecule has 0 spiro atoms. The third-order valence-electron chi connectivity index (χ3n) is 3.77. The molecule has 2 aromatic heterocycles. The van der Waals surface area contributed by atoms with Crippen LogP contribution in [0.2, 0.25) is 0 Å². The number of thiophene rings is 1. The van der Waals surface area contributed by atoms with Gasteiger partial charge in [-0.2, -0.15) is 0 Å². The number of hydrogen-bond donors (Lipinski definition) is 1. The van der Waals surface area contributed by atoms with Gasteiger partial charge < -0.3 is 15.0 Å². The molecule has 0 bridgehead atoms. The van der Waals surface area contributed by atoms with Gasteiger partial charge in [-0.15, -0.1) is 11.3 Å². The van der Waals surface area contributed by atoms with Crippen LogP contribution in [0, 0.1) is 0 Å². The average molecular weight is 344 g/mol. The molecule has 128 valence electrons. The van der Waals surface area contributed by atoms with E-state index in [9.17, 15) is 0 Å². The molecule has 0 atom stereocenters. The molecule has 3 rings (SSSR count). The Kier molecular flexibility index (Phi) is 5.82. The van der Waals surface area contributed by atoms with E-state index in [2.05, 4.69) is 52.6 Å². The molecule has 0 saturated carbocycles. The van der Waals surface area contributed by atoms with Crippen molar-refractivity contribution in [3.05, 3.63) is 46.3 Å². The number of nitrogens with zero attached hydrogens (tertiary/aromatic N) is 3. The molecule has 0 amide bonds. The molecular formula is C18H24N4OS. The number of nitrogens with one attached hydrogen (secondary N) is 1. The standard InChI is InChI=1S/C18H24N4OS/c1-14(2)21-17(16-6-4-12-24-16)20-13-15-5-3-7-19-18(15)22-8-10-23-11-9-22/h3-7,12,14H,8-11,13H2,1-2H3,(H,20,21). The monoisotopic (exact) mass is 344 g/mol. The lowest BCUT2D eigenvalue weighted by molar-refractivity contribution is 0.122. The van der Waals surface area contributed by atoms with Crippen molar-refractivity contribution in [3.63, 3.8) is 0 Å². The average Bonchev–Trinajstić information content (AvgIpc) is 3.14. The molecule has 6 heteroatoms. The van der Waals surface area contributed by atoms with E-state index < -0.39 is 0 Å². The van der Waals surface area contributed by atoms with Crippen LogP contribution in [0.4, 0.5) is 5.82 Å². The van der Waals surface area contributed by atoms with E-state index in [1.807, 2.05) is 12.3 Å². The summed E-state index contributed by atoms with van der Waals surface area (Å²) >= 11 is 1.70. The number of morpholine rings is 1. The SMILES string of the molecule is CC(C)NC(=NCc1cccnc1N1CCOCC1)c1cccs1. The van der Waals surface area contributed by atoms with Crippen molar-refractivity contribution in [2.75, 3.05) is 31.2 Å². The summed E-state index contributed by atoms with van der Waals surface area (Å²) in [7, 11) is 0. The van der Waals surface area contributed by atoms with Gasteiger partial charge in [0, 0.05) is 30.9 Å². The van der Waals surface area contributed by atoms with Crippen molar-refractivity contribution in [2.45, 2.75) is 26.4 Å². The van der Waals surface area contributed by atoms with Crippen molar-refractivity contribution in [2.24, 2.45) is 4.99 Å². The summed E-state index contributed by atoms with van der Waals surface area (Å²) < 4.78 is 5.45. The van der Waals surface area contributed by atoms with Crippen LogP contribution in [-0.4, -0.2) is 43.2 Å². The highest BCUT2D eigenvalue weighted by Crippen LogP contribution is 2.20. The lowest BCUT2D eigenvalue weighted by Gasteiger charge is -2.29. The Morgan fingerprint density at radius 2 is 2.17 bits per heavy atom. The Hall–Kier alpha value is -1.92. The second kappa shape index (κ2) is 8.26. The number of rotatable bonds is 5. The zero-order valence-corrected chi connectivity index (χ0v) is 15.1. The van der Waals surface area contributed by atoms with Gasteiger partial charge in [-0.1, -0.05) is 12.1 Å². The van der Waals surface area contributed by atoms with Crippen molar-refractivity contribution in [1.29, 1.82) is 0 Å². The fourth-order valence-corrected chi connectivity index (χ4v) is 3.36. The second-order valence-electron chi connectivity index (χ2n) is 6.03. The molecule has 0 radical (unpaired) electrons. The van der Waals surface area contributed by atoms with Crippen LogP contribution in [0.25, 0.3) is 0 Å². The normalized spacial score (nSPS) is 15.8. The summed E-state index contributed by atoms with van der Waals surface area (Å²) in [6, 6.07) is 8.60. The number of aromatic nitrogens is 1. The van der Waals surface area contributed by atoms with Gasteiger partial charge in [0.2, 0.25) is 0 Å². The first-order valence-corrected chi connectivity index (χ1v) is 9.23. The predicted molar refractivity (Wildman–Crippen MR) is 100 cm³/mol. The molecule has 5 nitrogen and oxygen atoms in total. The number of pyridine rings is 1. The fourth-order valence-electron chi connectivity index (χ4n) is 2.66. The smallest absolute Gasteiger partial charge is 0.139 e. The number of hydrogen-bond acceptors (Lipinski definition) is 5. The van der Waals surface area contributed by atoms with Crippen LogP contribution in [0.5, 0.6) is 0 Å². The maximum absolute atomic E-state index is 5.45. The van der Waals surface area contributed by atoms with Crippen LogP contribution < -0.4 is 10.2 Å². The Labute approximate surface area is 147 Å². The topological polar surface area (TPSA) is 49.8 Å². The molecule has 0 aromatic carbocycles. The van der Waals surface area contributed by atoms with Crippen molar-refractivity contribution >= 4 is 23.0 Å². The minimum absolute atomic E-state index is 0.346. The number of anilines is 1. The zero-order chi connectivity index (χ0) is 16.8. The second-order valence-corrected chi connectivity index (χ2v) is 6.97. The van der Waals surface area contributed by atoms with Gasteiger partial charge in [0.05, 0.1) is 24.6 Å². The van der Waals surface area contributed by atoms with Crippen molar-refractivity contribution in [1.82, 2.24) is 10.3 Å². The molecule has 1 N–H and O–H groups in total. The first-order valence-electron chi connectivity index (χ1n) is 8.35. The lowest BCUT2D eigenvalue weighted by Crippen LogP contribution is -2.37. The zero-order valence-electron chi connectivity index (χ0n) is 14.2. The van der Waals surface area contributed by atoms with Crippen molar-refractivity contribution < 1.29 is 4.74 Å². The maximum Gasteiger partial charge on any atom is 0.139 e. The first kappa shape index (κ1) is 16.9. The van der Waals surface area contributed by atoms with E-state index in [4.69, 9.17) is 9.73 Å². The number of aliphatic imine (C=N–C) groups is 1. The number of ether oxygens (including phenoxy) is 1. The third kappa shape index (κ3) is 4.33. The summed E-state index contributed by atoms with van der Waals surface area (Å²) in [4.78, 5) is 12.9. The first-order chi connectivity index (χ1) is 11.7. The lowest BCUT2D eigenvalue weighted by atomic mass is 10.2. The van der Waals surface area contributed by atoms with Crippen LogP contribution in [0.3, 0.4) is 0 Å². The van der Waals surface area contributed by atoms with Gasteiger partial charge in [-0.3, -0.25) is 4.99 Å². The van der Waals surface area contributed by atoms with Crippen molar-refractivity contribution in [3.8, 4) is 0 Å². The van der Waals surface area contributed by atoms with E-state index >= 15 is 0 Å². The van der Waals surface area contributed by atoms with Crippen LogP contribution in [0.1, 0.15) is 24.3 Å². The Morgan fingerprint density at radius 1 is 1.33 bits per heavy atom. The number of amidine groups is 1. The third-order valence-corrected chi connectivity index (χ3v) is 4.64. The Bertz CT molecular complexity index is 663. The minimum atomic E-state index is 0.346. The molecule has 1 saturated heterocycles. The summed E-state index contributed by atoms with van der Waals surface area (Å²) in [5.41, 5.74) is 1.15. The fraction of sp³-hybridized carbons (Fsp3) is 0.444. The Balaban J connectivity index is 1.81. The molecule has 0 unspecified atom stereocenters. The Morgan fingerprint density at radius 3 is 2.88 bits per heavy atom. The predicted octanol–water partition coefficient (Wildman–Crippen LogP) is 2.92. The molecule has 24 heavy (non-hydrogen) atoms. The highest BCUT2D eigenvalue weighted by atomic mass is 32.1. The molecule has 3 heterocycles. The summed E-state index contributed by atoms with van der Waals surface area (Å²) in [6.45, 7) is 8.17. The van der Waals surface area contributed by atoms with Gasteiger partial charge >= 0.3 is 0 Å². The maximum atomic E-state index is 5.45. The highest BCUT2D eigenvalue weighted by molar-refractivity contribution is 7.12. The van der Waals surface area contributed by atoms with Crippen LogP contribution in [0.15, 0.2) is 40.8 Å². The van der Waals surface area contributed by atoms with E-state index in [0.29, 0.717) is 12.6 Å². The molecule has 0 aliphatic carbocycles. The molecular weight excluding hydrogens is 320 g/mol. The van der Waals surface area contributed by atoms with Gasteiger partial charge in [0.15, 0.2) is 0 Å². The largest absolute Gasteiger partial charge is 0.378 e.